The predicted octanol–water partition coefficient (Wildman–Crippen LogP) is 4.15. The lowest BCUT2D eigenvalue weighted by molar-refractivity contribution is -0.137. The summed E-state index contributed by atoms with van der Waals surface area (Å²) in [6.45, 7) is 4.32. The van der Waals surface area contributed by atoms with E-state index in [0.717, 1.165) is 25.8 Å². The molecule has 0 radical (unpaired) electrons. The molecular weight excluding hydrogens is 430 g/mol. The van der Waals surface area contributed by atoms with Crippen LogP contribution >= 0.6 is 22.7 Å². The van der Waals surface area contributed by atoms with Gasteiger partial charge in [0.25, 0.3) is 0 Å². The molecule has 1 saturated heterocycles. The summed E-state index contributed by atoms with van der Waals surface area (Å²) in [5.74, 6) is -0.0439. The van der Waals surface area contributed by atoms with Crippen LogP contribution in [0, 0.1) is 5.92 Å². The Morgan fingerprint density at radius 3 is 2.81 bits per heavy atom. The highest BCUT2D eigenvalue weighted by Crippen LogP contribution is 2.38. The van der Waals surface area contributed by atoms with Crippen molar-refractivity contribution in [3.8, 4) is 10.6 Å². The molecule has 5 rings (SSSR count). The minimum atomic E-state index is -0.564. The Morgan fingerprint density at radius 2 is 2.06 bits per heavy atom. The SMILES string of the molecule is CC(C)C(C(=O)N1C[C@H](O)C[C@H]1c1nc2ccccc2s1)n1cc(-c2cccs2)nn1. The molecule has 1 aliphatic rings. The second kappa shape index (κ2) is 8.14. The molecule has 31 heavy (non-hydrogen) atoms. The van der Waals surface area contributed by atoms with Gasteiger partial charge in [0, 0.05) is 13.0 Å². The van der Waals surface area contributed by atoms with Gasteiger partial charge in [0.1, 0.15) is 16.7 Å². The lowest BCUT2D eigenvalue weighted by Crippen LogP contribution is -2.40. The normalized spacial score (nSPS) is 20.1. The zero-order valence-corrected chi connectivity index (χ0v) is 18.9. The Morgan fingerprint density at radius 1 is 1.23 bits per heavy atom. The average molecular weight is 454 g/mol. The van der Waals surface area contributed by atoms with E-state index in [4.69, 9.17) is 4.98 Å². The third-order valence-corrected chi connectivity index (χ3v) is 7.64. The molecule has 7 nitrogen and oxygen atoms in total. The molecule has 1 amide bonds. The molecule has 3 aromatic heterocycles. The fourth-order valence-electron chi connectivity index (χ4n) is 4.15. The van der Waals surface area contributed by atoms with Gasteiger partial charge in [-0.15, -0.1) is 27.8 Å². The fraction of sp³-hybridized carbons (Fsp3) is 0.364. The second-order valence-electron chi connectivity index (χ2n) is 8.17. The fourth-order valence-corrected chi connectivity index (χ4v) is 5.92. The number of carbonyl (C=O) groups excluding carboxylic acids is 1. The summed E-state index contributed by atoms with van der Waals surface area (Å²) in [4.78, 5) is 21.3. The van der Waals surface area contributed by atoms with Gasteiger partial charge in [-0.1, -0.05) is 37.3 Å². The van der Waals surface area contributed by atoms with Gasteiger partial charge in [-0.05, 0) is 29.5 Å². The number of para-hydroxylation sites is 1. The molecule has 4 aromatic rings. The maximum absolute atomic E-state index is 13.7. The number of fused-ring (bicyclic) bond motifs is 1. The van der Waals surface area contributed by atoms with Crippen LogP contribution in [-0.4, -0.2) is 48.5 Å². The van der Waals surface area contributed by atoms with Gasteiger partial charge in [0.15, 0.2) is 0 Å². The molecule has 4 heterocycles. The van der Waals surface area contributed by atoms with E-state index in [0.29, 0.717) is 13.0 Å². The lowest BCUT2D eigenvalue weighted by Gasteiger charge is -2.29. The van der Waals surface area contributed by atoms with Crippen molar-refractivity contribution in [2.45, 2.75) is 38.5 Å². The molecule has 1 fully saturated rings. The Kier molecular flexibility index (Phi) is 5.33. The molecule has 160 valence electrons. The first-order valence-electron chi connectivity index (χ1n) is 10.3. The Bertz CT molecular complexity index is 1170. The van der Waals surface area contributed by atoms with Gasteiger partial charge in [-0.25, -0.2) is 9.67 Å². The van der Waals surface area contributed by atoms with Gasteiger partial charge < -0.3 is 10.0 Å². The van der Waals surface area contributed by atoms with Crippen molar-refractivity contribution < 1.29 is 9.90 Å². The number of aromatic nitrogens is 4. The Labute approximate surface area is 188 Å². The maximum Gasteiger partial charge on any atom is 0.248 e. The second-order valence-corrected chi connectivity index (χ2v) is 10.2. The number of thiophene rings is 1. The molecular formula is C22H23N5O2S2. The number of aliphatic hydroxyl groups is 1. The van der Waals surface area contributed by atoms with Gasteiger partial charge in [0.2, 0.25) is 5.91 Å². The first-order chi connectivity index (χ1) is 15.0. The number of β-amino-alcohol motifs (C(OH)–C–C–N with tert-alkyl or cyclic N) is 1. The van der Waals surface area contributed by atoms with Gasteiger partial charge in [-0.2, -0.15) is 0 Å². The van der Waals surface area contributed by atoms with Crippen molar-refractivity contribution in [3.05, 3.63) is 53.0 Å². The molecule has 0 spiro atoms. The number of rotatable bonds is 5. The van der Waals surface area contributed by atoms with Crippen LogP contribution in [0.25, 0.3) is 20.8 Å². The van der Waals surface area contributed by atoms with E-state index in [9.17, 15) is 9.90 Å². The van der Waals surface area contributed by atoms with E-state index in [-0.39, 0.29) is 17.9 Å². The van der Waals surface area contributed by atoms with Crippen molar-refractivity contribution in [3.63, 3.8) is 0 Å². The third-order valence-electron chi connectivity index (χ3n) is 5.61. The zero-order chi connectivity index (χ0) is 21.5. The molecule has 0 bridgehead atoms. The maximum atomic E-state index is 13.7. The number of amides is 1. The number of likely N-dealkylation sites (tertiary alicyclic amines) is 1. The highest BCUT2D eigenvalue weighted by molar-refractivity contribution is 7.18. The number of aliphatic hydroxyl groups excluding tert-OH is 1. The molecule has 0 aliphatic carbocycles. The topological polar surface area (TPSA) is 84.1 Å². The van der Waals surface area contributed by atoms with Gasteiger partial charge in [0.05, 0.1) is 33.4 Å². The van der Waals surface area contributed by atoms with Crippen molar-refractivity contribution >= 4 is 38.8 Å². The van der Waals surface area contributed by atoms with Crippen LogP contribution in [-0.2, 0) is 4.79 Å². The molecule has 9 heteroatoms. The van der Waals surface area contributed by atoms with Crippen LogP contribution < -0.4 is 0 Å². The summed E-state index contributed by atoms with van der Waals surface area (Å²) in [6, 6.07) is 11.2. The van der Waals surface area contributed by atoms with Crippen molar-refractivity contribution in [2.24, 2.45) is 5.92 Å². The largest absolute Gasteiger partial charge is 0.391 e. The number of nitrogens with zero attached hydrogens (tertiary/aromatic N) is 5. The van der Waals surface area contributed by atoms with Crippen molar-refractivity contribution in [1.82, 2.24) is 24.9 Å². The van der Waals surface area contributed by atoms with Gasteiger partial charge >= 0.3 is 0 Å². The van der Waals surface area contributed by atoms with Crippen LogP contribution in [0.1, 0.15) is 37.4 Å². The molecule has 1 aromatic carbocycles. The number of benzene rings is 1. The quantitative estimate of drug-likeness (QED) is 0.491. The average Bonchev–Trinajstić information content (AvgIpc) is 3.52. The molecule has 1 N–H and O–H groups in total. The molecule has 0 saturated carbocycles. The highest BCUT2D eigenvalue weighted by atomic mass is 32.1. The van der Waals surface area contributed by atoms with Crippen LogP contribution in [0.3, 0.4) is 0 Å². The predicted molar refractivity (Wildman–Crippen MR) is 122 cm³/mol. The van der Waals surface area contributed by atoms with E-state index in [1.165, 1.54) is 0 Å². The van der Waals surface area contributed by atoms with Crippen LogP contribution in [0.5, 0.6) is 0 Å². The molecule has 1 unspecified atom stereocenters. The van der Waals surface area contributed by atoms with E-state index >= 15 is 0 Å². The summed E-state index contributed by atoms with van der Waals surface area (Å²) in [5.41, 5.74) is 1.69. The monoisotopic (exact) mass is 453 g/mol. The number of thiazole rings is 1. The third kappa shape index (κ3) is 3.77. The van der Waals surface area contributed by atoms with Crippen LogP contribution in [0.15, 0.2) is 48.0 Å². The first kappa shape index (κ1) is 20.3. The summed E-state index contributed by atoms with van der Waals surface area (Å²) in [6.07, 6.45) is 1.77. The number of carbonyl (C=O) groups is 1. The smallest absolute Gasteiger partial charge is 0.248 e. The zero-order valence-electron chi connectivity index (χ0n) is 17.3. The standard InChI is InChI=1S/C22H23N5O2S2/c1-13(2)20(27-12-16(24-25-27)18-8-5-9-30-18)22(29)26-11-14(28)10-17(26)21-23-15-6-3-4-7-19(15)31-21/h3-9,12-14,17,20,28H,10-11H2,1-2H3/t14-,17+,20?/m1/s1. The highest BCUT2D eigenvalue weighted by Gasteiger charge is 2.41. The first-order valence-corrected chi connectivity index (χ1v) is 12.0. The number of hydrogen-bond donors (Lipinski definition) is 1. The van der Waals surface area contributed by atoms with Crippen molar-refractivity contribution in [2.75, 3.05) is 6.54 Å². The van der Waals surface area contributed by atoms with E-state index in [2.05, 4.69) is 10.3 Å². The van der Waals surface area contributed by atoms with Crippen LogP contribution in [0.4, 0.5) is 0 Å². The van der Waals surface area contributed by atoms with Crippen molar-refractivity contribution in [1.29, 1.82) is 0 Å². The summed E-state index contributed by atoms with van der Waals surface area (Å²) in [5, 5.41) is 21.9. The lowest BCUT2D eigenvalue weighted by atomic mass is 10.0. The Balaban J connectivity index is 1.46. The van der Waals surface area contributed by atoms with E-state index in [1.54, 1.807) is 32.3 Å². The summed E-state index contributed by atoms with van der Waals surface area (Å²) >= 11 is 3.18. The van der Waals surface area contributed by atoms with E-state index < -0.39 is 12.1 Å². The number of hydrogen-bond acceptors (Lipinski definition) is 7. The van der Waals surface area contributed by atoms with Gasteiger partial charge in [-0.3, -0.25) is 4.79 Å². The molecule has 3 atom stereocenters. The minimum absolute atomic E-state index is 0.0131. The van der Waals surface area contributed by atoms with Crippen LogP contribution in [0.2, 0.25) is 0 Å². The summed E-state index contributed by atoms with van der Waals surface area (Å²) in [7, 11) is 0. The molecule has 1 aliphatic heterocycles. The summed E-state index contributed by atoms with van der Waals surface area (Å²) < 4.78 is 2.76. The Hall–Kier alpha value is -2.62. The van der Waals surface area contributed by atoms with E-state index in [1.807, 2.05) is 61.8 Å². The minimum Gasteiger partial charge on any atom is -0.391 e.